The van der Waals surface area contributed by atoms with Crippen LogP contribution in [0.3, 0.4) is 0 Å². The largest absolute Gasteiger partial charge is 0.445 e. The SMILES string of the molecule is CCCCN1CCOCC1C(=O)Nc1nnc(C(F)(F)F)s1. The van der Waals surface area contributed by atoms with Gasteiger partial charge in [-0.2, -0.15) is 13.2 Å². The molecule has 2 rings (SSSR count). The summed E-state index contributed by atoms with van der Waals surface area (Å²) in [5, 5.41) is 7.56. The second-order valence-electron chi connectivity index (χ2n) is 4.88. The molecule has 1 amide bonds. The maximum absolute atomic E-state index is 12.5. The molecule has 1 unspecified atom stereocenters. The zero-order valence-electron chi connectivity index (χ0n) is 12.0. The molecule has 1 saturated heterocycles. The number of amides is 1. The van der Waals surface area contributed by atoms with Crippen molar-refractivity contribution in [1.29, 1.82) is 0 Å². The van der Waals surface area contributed by atoms with Crippen LogP contribution >= 0.6 is 11.3 Å². The minimum absolute atomic E-state index is 0.154. The summed E-state index contributed by atoms with van der Waals surface area (Å²) in [5.74, 6) is -0.416. The first-order valence-electron chi connectivity index (χ1n) is 6.95. The van der Waals surface area contributed by atoms with Crippen LogP contribution in [0.1, 0.15) is 24.8 Å². The monoisotopic (exact) mass is 338 g/mol. The molecule has 124 valence electrons. The van der Waals surface area contributed by atoms with Crippen molar-refractivity contribution in [3.63, 3.8) is 0 Å². The molecule has 0 spiro atoms. The first-order chi connectivity index (χ1) is 10.4. The van der Waals surface area contributed by atoms with Gasteiger partial charge >= 0.3 is 6.18 Å². The van der Waals surface area contributed by atoms with Crippen molar-refractivity contribution in [2.24, 2.45) is 0 Å². The van der Waals surface area contributed by atoms with E-state index in [0.29, 0.717) is 24.5 Å². The van der Waals surface area contributed by atoms with Gasteiger partial charge in [0.1, 0.15) is 6.04 Å². The molecular weight excluding hydrogens is 321 g/mol. The lowest BCUT2D eigenvalue weighted by Crippen LogP contribution is -2.52. The number of morpholine rings is 1. The molecule has 1 aliphatic rings. The first-order valence-corrected chi connectivity index (χ1v) is 7.77. The molecule has 6 nitrogen and oxygen atoms in total. The number of hydrogen-bond donors (Lipinski definition) is 1. The van der Waals surface area contributed by atoms with Crippen molar-refractivity contribution in [3.05, 3.63) is 5.01 Å². The predicted molar refractivity (Wildman–Crippen MR) is 74.6 cm³/mol. The Morgan fingerprint density at radius 1 is 1.50 bits per heavy atom. The number of carbonyl (C=O) groups is 1. The van der Waals surface area contributed by atoms with Gasteiger partial charge in [0.15, 0.2) is 0 Å². The van der Waals surface area contributed by atoms with Crippen molar-refractivity contribution in [1.82, 2.24) is 15.1 Å². The summed E-state index contributed by atoms with van der Waals surface area (Å²) in [6.07, 6.45) is -2.61. The van der Waals surface area contributed by atoms with E-state index >= 15 is 0 Å². The maximum Gasteiger partial charge on any atom is 0.445 e. The van der Waals surface area contributed by atoms with Gasteiger partial charge in [0, 0.05) is 6.54 Å². The van der Waals surface area contributed by atoms with Gasteiger partial charge in [-0.1, -0.05) is 24.7 Å². The lowest BCUT2D eigenvalue weighted by Gasteiger charge is -2.34. The summed E-state index contributed by atoms with van der Waals surface area (Å²) in [5.41, 5.74) is 0. The first kappa shape index (κ1) is 17.1. The van der Waals surface area contributed by atoms with Gasteiger partial charge in [-0.3, -0.25) is 15.0 Å². The van der Waals surface area contributed by atoms with Crippen LogP contribution in [-0.4, -0.2) is 53.3 Å². The number of anilines is 1. The molecule has 1 aromatic rings. The maximum atomic E-state index is 12.5. The molecule has 1 N–H and O–H groups in total. The quantitative estimate of drug-likeness (QED) is 0.889. The second kappa shape index (κ2) is 7.34. The summed E-state index contributed by atoms with van der Waals surface area (Å²) in [6, 6.07) is -0.515. The van der Waals surface area contributed by atoms with Gasteiger partial charge < -0.3 is 4.74 Å². The highest BCUT2D eigenvalue weighted by Crippen LogP contribution is 2.33. The number of halogens is 3. The number of nitrogens with zero attached hydrogens (tertiary/aromatic N) is 3. The standard InChI is InChI=1S/C12H17F3N4O2S/c1-2-3-4-19-5-6-21-7-8(19)9(20)16-11-18-17-10(22-11)12(13,14)15/h8H,2-7H2,1H3,(H,16,18,20). The number of alkyl halides is 3. The van der Waals surface area contributed by atoms with Gasteiger partial charge in [0.25, 0.3) is 0 Å². The third-order valence-corrected chi connectivity index (χ3v) is 4.12. The van der Waals surface area contributed by atoms with Crippen LogP contribution in [-0.2, 0) is 15.7 Å². The zero-order valence-corrected chi connectivity index (χ0v) is 12.8. The van der Waals surface area contributed by atoms with E-state index in [1.54, 1.807) is 0 Å². The van der Waals surface area contributed by atoms with Gasteiger partial charge in [-0.25, -0.2) is 0 Å². The van der Waals surface area contributed by atoms with Gasteiger partial charge in [-0.05, 0) is 13.0 Å². The third-order valence-electron chi connectivity index (χ3n) is 3.24. The van der Waals surface area contributed by atoms with Crippen LogP contribution < -0.4 is 5.32 Å². The summed E-state index contributed by atoms with van der Waals surface area (Å²) in [4.78, 5) is 14.2. The Hall–Kier alpha value is -1.26. The number of rotatable bonds is 5. The lowest BCUT2D eigenvalue weighted by molar-refractivity contribution is -0.138. The number of hydrogen-bond acceptors (Lipinski definition) is 6. The molecule has 1 aromatic heterocycles. The fraction of sp³-hybridized carbons (Fsp3) is 0.750. The van der Waals surface area contributed by atoms with E-state index in [9.17, 15) is 18.0 Å². The Bertz CT molecular complexity index is 509. The molecular formula is C12H17F3N4O2S. The number of unbranched alkanes of at least 4 members (excludes halogenated alkanes) is 1. The highest BCUT2D eigenvalue weighted by molar-refractivity contribution is 7.15. The Labute approximate surface area is 129 Å². The van der Waals surface area contributed by atoms with Gasteiger partial charge in [-0.15, -0.1) is 10.2 Å². The summed E-state index contributed by atoms with van der Waals surface area (Å²) in [7, 11) is 0. The molecule has 1 aliphatic heterocycles. The van der Waals surface area contributed by atoms with Crippen molar-refractivity contribution >= 4 is 22.4 Å². The van der Waals surface area contributed by atoms with Crippen molar-refractivity contribution in [2.75, 3.05) is 31.6 Å². The normalized spacial score (nSPS) is 20.1. The molecule has 22 heavy (non-hydrogen) atoms. The van der Waals surface area contributed by atoms with E-state index in [-0.39, 0.29) is 11.7 Å². The average Bonchev–Trinajstić information content (AvgIpc) is 2.94. The minimum Gasteiger partial charge on any atom is -0.378 e. The smallest absolute Gasteiger partial charge is 0.378 e. The molecule has 0 bridgehead atoms. The molecule has 0 aromatic carbocycles. The number of nitrogens with one attached hydrogen (secondary N) is 1. The average molecular weight is 338 g/mol. The number of carbonyl (C=O) groups excluding carboxylic acids is 1. The molecule has 0 radical (unpaired) electrons. The van der Waals surface area contributed by atoms with E-state index in [2.05, 4.69) is 22.4 Å². The summed E-state index contributed by atoms with van der Waals surface area (Å²) >= 11 is 0.313. The Morgan fingerprint density at radius 3 is 2.91 bits per heavy atom. The topological polar surface area (TPSA) is 67.3 Å². The van der Waals surface area contributed by atoms with Crippen LogP contribution in [0.5, 0.6) is 0 Å². The van der Waals surface area contributed by atoms with E-state index in [1.807, 2.05) is 4.90 Å². The van der Waals surface area contributed by atoms with Gasteiger partial charge in [0.2, 0.25) is 16.0 Å². The number of ether oxygens (including phenoxy) is 1. The Morgan fingerprint density at radius 2 is 2.27 bits per heavy atom. The van der Waals surface area contributed by atoms with Crippen LogP contribution in [0.4, 0.5) is 18.3 Å². The highest BCUT2D eigenvalue weighted by Gasteiger charge is 2.36. The zero-order chi connectivity index (χ0) is 16.2. The fourth-order valence-electron chi connectivity index (χ4n) is 2.09. The fourth-order valence-corrected chi connectivity index (χ4v) is 2.70. The molecule has 0 aliphatic carbocycles. The molecule has 0 saturated carbocycles. The predicted octanol–water partition coefficient (Wildman–Crippen LogP) is 2.00. The minimum atomic E-state index is -4.55. The van der Waals surface area contributed by atoms with Crippen molar-refractivity contribution in [3.8, 4) is 0 Å². The van der Waals surface area contributed by atoms with E-state index in [4.69, 9.17) is 4.74 Å². The van der Waals surface area contributed by atoms with Crippen LogP contribution in [0.2, 0.25) is 0 Å². The Kier molecular flexibility index (Phi) is 5.70. The highest BCUT2D eigenvalue weighted by atomic mass is 32.1. The second-order valence-corrected chi connectivity index (χ2v) is 5.86. The van der Waals surface area contributed by atoms with E-state index < -0.39 is 23.1 Å². The molecule has 1 fully saturated rings. The van der Waals surface area contributed by atoms with Crippen LogP contribution in [0, 0.1) is 0 Å². The molecule has 10 heteroatoms. The summed E-state index contributed by atoms with van der Waals surface area (Å²) in [6.45, 7) is 4.20. The lowest BCUT2D eigenvalue weighted by atomic mass is 10.2. The van der Waals surface area contributed by atoms with Crippen molar-refractivity contribution < 1.29 is 22.7 Å². The molecule has 2 heterocycles. The van der Waals surface area contributed by atoms with E-state index in [0.717, 1.165) is 19.4 Å². The van der Waals surface area contributed by atoms with Gasteiger partial charge in [0.05, 0.1) is 13.2 Å². The number of aromatic nitrogens is 2. The van der Waals surface area contributed by atoms with Crippen LogP contribution in [0.25, 0.3) is 0 Å². The Balaban J connectivity index is 1.99. The molecule has 1 atom stereocenters. The van der Waals surface area contributed by atoms with Crippen LogP contribution in [0.15, 0.2) is 0 Å². The third kappa shape index (κ3) is 4.37. The van der Waals surface area contributed by atoms with Crippen molar-refractivity contribution in [2.45, 2.75) is 32.0 Å². The summed E-state index contributed by atoms with van der Waals surface area (Å²) < 4.78 is 42.7. The van der Waals surface area contributed by atoms with E-state index in [1.165, 1.54) is 0 Å².